The average Bonchev–Trinajstić information content (AvgIpc) is 2.61. The molecule has 0 bridgehead atoms. The van der Waals surface area contributed by atoms with Crippen molar-refractivity contribution in [2.24, 2.45) is 10.9 Å². The first-order valence-electron chi connectivity index (χ1n) is 9.08. The van der Waals surface area contributed by atoms with Crippen molar-refractivity contribution in [2.75, 3.05) is 39.8 Å². The van der Waals surface area contributed by atoms with Crippen LogP contribution in [0.15, 0.2) is 29.3 Å². The lowest BCUT2D eigenvalue weighted by molar-refractivity contribution is 0.195. The molecule has 1 aliphatic heterocycles. The van der Waals surface area contributed by atoms with Crippen LogP contribution in [0.2, 0.25) is 0 Å². The molecule has 0 atom stereocenters. The lowest BCUT2D eigenvalue weighted by Crippen LogP contribution is -2.43. The first-order chi connectivity index (χ1) is 11.7. The molecule has 6 heteroatoms. The molecule has 1 aliphatic rings. The molecular weight excluding hydrogens is 427 g/mol. The molecule has 2 rings (SSSR count). The number of nitrogens with zero attached hydrogens (tertiary/aromatic N) is 2. The second-order valence-corrected chi connectivity index (χ2v) is 6.50. The number of aliphatic imine (C=N–C) groups is 1. The summed E-state index contributed by atoms with van der Waals surface area (Å²) in [5.41, 5.74) is 1.15. The third-order valence-corrected chi connectivity index (χ3v) is 4.49. The summed E-state index contributed by atoms with van der Waals surface area (Å²) in [6.07, 6.45) is 2.65. The van der Waals surface area contributed by atoms with E-state index in [1.165, 1.54) is 25.9 Å². The SMILES string of the molecule is CCNC(=NCc1cccc(OC)c1)NCCN1CCC(C)CC1.I. The second-order valence-electron chi connectivity index (χ2n) is 6.50. The zero-order valence-corrected chi connectivity index (χ0v) is 18.1. The van der Waals surface area contributed by atoms with Crippen LogP contribution in [0.1, 0.15) is 32.3 Å². The minimum atomic E-state index is 0. The van der Waals surface area contributed by atoms with Crippen LogP contribution in [0.3, 0.4) is 0 Å². The van der Waals surface area contributed by atoms with Crippen LogP contribution < -0.4 is 15.4 Å². The minimum absolute atomic E-state index is 0. The zero-order chi connectivity index (χ0) is 17.2. The van der Waals surface area contributed by atoms with Crippen molar-refractivity contribution >= 4 is 29.9 Å². The fraction of sp³-hybridized carbons (Fsp3) is 0.632. The Morgan fingerprint density at radius 2 is 2.04 bits per heavy atom. The van der Waals surface area contributed by atoms with Crippen molar-refractivity contribution in [1.82, 2.24) is 15.5 Å². The van der Waals surface area contributed by atoms with Gasteiger partial charge in [-0.05, 0) is 56.5 Å². The summed E-state index contributed by atoms with van der Waals surface area (Å²) in [6.45, 7) is 10.4. The molecule has 0 unspecified atom stereocenters. The molecule has 0 radical (unpaired) electrons. The molecule has 5 nitrogen and oxygen atoms in total. The molecule has 0 spiro atoms. The maximum atomic E-state index is 5.26. The van der Waals surface area contributed by atoms with Crippen LogP contribution in [0.5, 0.6) is 5.75 Å². The number of hydrogen-bond acceptors (Lipinski definition) is 3. The Kier molecular flexibility index (Phi) is 10.9. The third-order valence-electron chi connectivity index (χ3n) is 4.49. The number of guanidine groups is 1. The van der Waals surface area contributed by atoms with E-state index in [0.29, 0.717) is 6.54 Å². The topological polar surface area (TPSA) is 48.9 Å². The van der Waals surface area contributed by atoms with Gasteiger partial charge in [-0.15, -0.1) is 24.0 Å². The van der Waals surface area contributed by atoms with Gasteiger partial charge in [-0.1, -0.05) is 19.1 Å². The number of nitrogens with one attached hydrogen (secondary N) is 2. The summed E-state index contributed by atoms with van der Waals surface area (Å²) >= 11 is 0. The van der Waals surface area contributed by atoms with Crippen molar-refractivity contribution in [3.8, 4) is 5.75 Å². The average molecular weight is 460 g/mol. The highest BCUT2D eigenvalue weighted by Crippen LogP contribution is 2.15. The van der Waals surface area contributed by atoms with Crippen LogP contribution >= 0.6 is 24.0 Å². The highest BCUT2D eigenvalue weighted by molar-refractivity contribution is 14.0. The molecule has 1 aromatic rings. The highest BCUT2D eigenvalue weighted by atomic mass is 127. The maximum Gasteiger partial charge on any atom is 0.191 e. The predicted octanol–water partition coefficient (Wildman–Crippen LogP) is 3.10. The molecule has 1 aromatic carbocycles. The van der Waals surface area contributed by atoms with Crippen molar-refractivity contribution in [3.05, 3.63) is 29.8 Å². The highest BCUT2D eigenvalue weighted by Gasteiger charge is 2.14. The monoisotopic (exact) mass is 460 g/mol. The number of halogens is 1. The quantitative estimate of drug-likeness (QED) is 0.373. The van der Waals surface area contributed by atoms with Gasteiger partial charge in [-0.2, -0.15) is 0 Å². The van der Waals surface area contributed by atoms with E-state index in [0.717, 1.165) is 42.8 Å². The Labute approximate surface area is 169 Å². The number of piperidine rings is 1. The molecule has 142 valence electrons. The van der Waals surface area contributed by atoms with Gasteiger partial charge < -0.3 is 20.3 Å². The van der Waals surface area contributed by atoms with Crippen LogP contribution in [0.4, 0.5) is 0 Å². The molecule has 0 saturated carbocycles. The Morgan fingerprint density at radius 1 is 1.28 bits per heavy atom. The van der Waals surface area contributed by atoms with E-state index in [2.05, 4.69) is 40.4 Å². The van der Waals surface area contributed by atoms with E-state index in [-0.39, 0.29) is 24.0 Å². The van der Waals surface area contributed by atoms with Gasteiger partial charge in [-0.3, -0.25) is 0 Å². The predicted molar refractivity (Wildman–Crippen MR) is 116 cm³/mol. The molecular formula is C19H33IN4O. The van der Waals surface area contributed by atoms with Crippen molar-refractivity contribution in [1.29, 1.82) is 0 Å². The molecule has 0 amide bonds. The molecule has 2 N–H and O–H groups in total. The maximum absolute atomic E-state index is 5.26. The number of methoxy groups -OCH3 is 1. The molecule has 25 heavy (non-hydrogen) atoms. The van der Waals surface area contributed by atoms with Gasteiger partial charge in [0, 0.05) is 19.6 Å². The van der Waals surface area contributed by atoms with E-state index in [1.807, 2.05) is 18.2 Å². The van der Waals surface area contributed by atoms with E-state index in [9.17, 15) is 0 Å². The molecule has 0 aliphatic carbocycles. The normalized spacial score (nSPS) is 16.2. The fourth-order valence-corrected chi connectivity index (χ4v) is 2.90. The lowest BCUT2D eigenvalue weighted by Gasteiger charge is -2.30. The number of ether oxygens (including phenoxy) is 1. The Bertz CT molecular complexity index is 516. The Morgan fingerprint density at radius 3 is 2.72 bits per heavy atom. The van der Waals surface area contributed by atoms with Crippen LogP contribution in [0.25, 0.3) is 0 Å². The molecule has 1 heterocycles. The van der Waals surface area contributed by atoms with E-state index in [1.54, 1.807) is 7.11 Å². The van der Waals surface area contributed by atoms with Crippen LogP contribution in [0, 0.1) is 5.92 Å². The Hall–Kier alpha value is -1.02. The first kappa shape index (κ1) is 22.0. The van der Waals surface area contributed by atoms with Gasteiger partial charge >= 0.3 is 0 Å². The molecule has 1 fully saturated rings. The van der Waals surface area contributed by atoms with Gasteiger partial charge in [-0.25, -0.2) is 4.99 Å². The van der Waals surface area contributed by atoms with Crippen LogP contribution in [-0.4, -0.2) is 50.7 Å². The number of rotatable bonds is 7. The van der Waals surface area contributed by atoms with Crippen LogP contribution in [-0.2, 0) is 6.54 Å². The van der Waals surface area contributed by atoms with Gasteiger partial charge in [0.2, 0.25) is 0 Å². The molecule has 1 saturated heterocycles. The minimum Gasteiger partial charge on any atom is -0.497 e. The van der Waals surface area contributed by atoms with Crippen molar-refractivity contribution < 1.29 is 4.74 Å². The summed E-state index contributed by atoms with van der Waals surface area (Å²) in [7, 11) is 1.69. The second kappa shape index (κ2) is 12.4. The smallest absolute Gasteiger partial charge is 0.191 e. The van der Waals surface area contributed by atoms with Gasteiger partial charge in [0.25, 0.3) is 0 Å². The molecule has 0 aromatic heterocycles. The van der Waals surface area contributed by atoms with Crippen molar-refractivity contribution in [2.45, 2.75) is 33.2 Å². The summed E-state index contributed by atoms with van der Waals surface area (Å²) in [4.78, 5) is 7.21. The third kappa shape index (κ3) is 8.27. The van der Waals surface area contributed by atoms with E-state index < -0.39 is 0 Å². The van der Waals surface area contributed by atoms with Crippen molar-refractivity contribution in [3.63, 3.8) is 0 Å². The lowest BCUT2D eigenvalue weighted by atomic mass is 9.99. The summed E-state index contributed by atoms with van der Waals surface area (Å²) < 4.78 is 5.26. The zero-order valence-electron chi connectivity index (χ0n) is 15.8. The number of benzene rings is 1. The summed E-state index contributed by atoms with van der Waals surface area (Å²) in [5, 5.41) is 6.76. The summed E-state index contributed by atoms with van der Waals surface area (Å²) in [6, 6.07) is 8.06. The number of hydrogen-bond donors (Lipinski definition) is 2. The van der Waals surface area contributed by atoms with E-state index >= 15 is 0 Å². The summed E-state index contributed by atoms with van der Waals surface area (Å²) in [5.74, 6) is 2.64. The Balaban J connectivity index is 0.00000312. The van der Waals surface area contributed by atoms with Gasteiger partial charge in [0.05, 0.1) is 13.7 Å². The fourth-order valence-electron chi connectivity index (χ4n) is 2.90. The standard InChI is InChI=1S/C19H32N4O.HI/c1-4-20-19(21-10-13-23-11-8-16(2)9-12-23)22-15-17-6-5-7-18(14-17)24-3;/h5-7,14,16H,4,8-13,15H2,1-3H3,(H2,20,21,22);1H. The van der Waals surface area contributed by atoms with Gasteiger partial charge in [0.1, 0.15) is 5.75 Å². The largest absolute Gasteiger partial charge is 0.497 e. The van der Waals surface area contributed by atoms with E-state index in [4.69, 9.17) is 4.74 Å². The first-order valence-corrected chi connectivity index (χ1v) is 9.08. The van der Waals surface area contributed by atoms with Gasteiger partial charge in [0.15, 0.2) is 5.96 Å². The number of likely N-dealkylation sites (tertiary alicyclic amines) is 1.